The minimum atomic E-state index is -4.05. The average molecular weight is 447 g/mol. The fraction of sp³-hybridized carbons (Fsp3) is 0.333. The molecule has 1 saturated heterocycles. The van der Waals surface area contributed by atoms with E-state index in [0.29, 0.717) is 19.0 Å². The van der Waals surface area contributed by atoms with Crippen LogP contribution in [0.25, 0.3) is 0 Å². The molecule has 1 aliphatic rings. The maximum atomic E-state index is 13.1. The SMILES string of the molecule is CC1CCCN(S(=O)(=O)c2ccc(NS(=O)(=O)c3ccc(F)cc3Cl)cc2)C1. The molecule has 1 atom stereocenters. The van der Waals surface area contributed by atoms with Gasteiger partial charge in [-0.1, -0.05) is 18.5 Å². The van der Waals surface area contributed by atoms with E-state index in [0.717, 1.165) is 31.0 Å². The summed E-state index contributed by atoms with van der Waals surface area (Å²) in [5.41, 5.74) is 0.173. The van der Waals surface area contributed by atoms with E-state index in [4.69, 9.17) is 11.6 Å². The van der Waals surface area contributed by atoms with E-state index in [1.54, 1.807) is 0 Å². The van der Waals surface area contributed by atoms with Gasteiger partial charge in [-0.05, 0) is 61.2 Å². The first-order valence-corrected chi connectivity index (χ1v) is 12.0. The van der Waals surface area contributed by atoms with Gasteiger partial charge in [0.15, 0.2) is 0 Å². The van der Waals surface area contributed by atoms with Crippen LogP contribution in [0.2, 0.25) is 5.02 Å². The van der Waals surface area contributed by atoms with Gasteiger partial charge in [0.05, 0.1) is 9.92 Å². The van der Waals surface area contributed by atoms with Crippen molar-refractivity contribution in [3.63, 3.8) is 0 Å². The second-order valence-corrected chi connectivity index (χ2v) is 10.8. The predicted molar refractivity (Wildman–Crippen MR) is 106 cm³/mol. The Bertz CT molecular complexity index is 1070. The third-order valence-corrected chi connectivity index (χ3v) is 8.29. The van der Waals surface area contributed by atoms with Gasteiger partial charge >= 0.3 is 0 Å². The summed E-state index contributed by atoms with van der Waals surface area (Å²) < 4.78 is 67.3. The molecule has 1 N–H and O–H groups in total. The molecule has 1 fully saturated rings. The number of hydrogen-bond donors (Lipinski definition) is 1. The molecule has 10 heteroatoms. The Balaban J connectivity index is 1.81. The van der Waals surface area contributed by atoms with Crippen molar-refractivity contribution >= 4 is 37.3 Å². The molecule has 0 aliphatic carbocycles. The fourth-order valence-electron chi connectivity index (χ4n) is 3.11. The molecule has 0 radical (unpaired) electrons. The molecule has 0 saturated carbocycles. The standard InChI is InChI=1S/C18H20ClFN2O4S2/c1-13-3-2-10-22(12-13)28(25,26)16-7-5-15(6-8-16)21-27(23,24)18-9-4-14(20)11-17(18)19/h4-9,11,13,21H,2-3,10,12H2,1H3. The molecule has 152 valence electrons. The van der Waals surface area contributed by atoms with E-state index in [9.17, 15) is 21.2 Å². The number of nitrogens with zero attached hydrogens (tertiary/aromatic N) is 1. The highest BCUT2D eigenvalue weighted by atomic mass is 35.5. The summed E-state index contributed by atoms with van der Waals surface area (Å²) in [4.78, 5) is -0.168. The van der Waals surface area contributed by atoms with Gasteiger partial charge in [-0.25, -0.2) is 21.2 Å². The summed E-state index contributed by atoms with van der Waals surface area (Å²) in [6, 6.07) is 8.43. The zero-order chi connectivity index (χ0) is 20.5. The highest BCUT2D eigenvalue weighted by molar-refractivity contribution is 7.92. The van der Waals surface area contributed by atoms with Gasteiger partial charge in [-0.2, -0.15) is 4.31 Å². The monoisotopic (exact) mass is 446 g/mol. The predicted octanol–water partition coefficient (Wildman–Crippen LogP) is 3.70. The van der Waals surface area contributed by atoms with Crippen molar-refractivity contribution < 1.29 is 21.2 Å². The van der Waals surface area contributed by atoms with Crippen molar-refractivity contribution in [2.24, 2.45) is 5.92 Å². The zero-order valence-corrected chi connectivity index (χ0v) is 17.5. The van der Waals surface area contributed by atoms with Gasteiger partial charge in [0.2, 0.25) is 10.0 Å². The van der Waals surface area contributed by atoms with Gasteiger partial charge in [0.1, 0.15) is 10.7 Å². The van der Waals surface area contributed by atoms with Crippen LogP contribution in [0.1, 0.15) is 19.8 Å². The largest absolute Gasteiger partial charge is 0.280 e. The molecule has 3 rings (SSSR count). The molecule has 2 aromatic carbocycles. The first kappa shape index (κ1) is 21.0. The van der Waals surface area contributed by atoms with Crippen molar-refractivity contribution in [3.8, 4) is 0 Å². The lowest BCUT2D eigenvalue weighted by Crippen LogP contribution is -2.39. The van der Waals surface area contributed by atoms with Crippen molar-refractivity contribution in [3.05, 3.63) is 53.3 Å². The van der Waals surface area contributed by atoms with Crippen molar-refractivity contribution in [2.45, 2.75) is 29.6 Å². The molecule has 0 bridgehead atoms. The number of rotatable bonds is 5. The van der Waals surface area contributed by atoms with Crippen molar-refractivity contribution in [1.29, 1.82) is 0 Å². The Morgan fingerprint density at radius 3 is 2.39 bits per heavy atom. The lowest BCUT2D eigenvalue weighted by atomic mass is 10.0. The second-order valence-electron chi connectivity index (χ2n) is 6.82. The maximum absolute atomic E-state index is 13.1. The molecule has 1 aliphatic heterocycles. The Morgan fingerprint density at radius 2 is 1.79 bits per heavy atom. The summed E-state index contributed by atoms with van der Waals surface area (Å²) in [6.07, 6.45) is 1.81. The van der Waals surface area contributed by atoms with Crippen LogP contribution in [0.5, 0.6) is 0 Å². The lowest BCUT2D eigenvalue weighted by Gasteiger charge is -2.30. The van der Waals surface area contributed by atoms with Crippen LogP contribution in [0.15, 0.2) is 52.3 Å². The summed E-state index contributed by atoms with van der Waals surface area (Å²) >= 11 is 5.82. The van der Waals surface area contributed by atoms with Crippen molar-refractivity contribution in [2.75, 3.05) is 17.8 Å². The number of hydrogen-bond acceptors (Lipinski definition) is 4. The third-order valence-electron chi connectivity index (χ3n) is 4.55. The topological polar surface area (TPSA) is 83.6 Å². The molecule has 0 aromatic heterocycles. The number of anilines is 1. The first-order valence-electron chi connectivity index (χ1n) is 8.68. The van der Waals surface area contributed by atoms with Crippen molar-refractivity contribution in [1.82, 2.24) is 4.31 Å². The fourth-order valence-corrected chi connectivity index (χ4v) is 6.30. The van der Waals surface area contributed by atoms with E-state index in [1.165, 1.54) is 28.6 Å². The Kier molecular flexibility index (Phi) is 6.00. The molecule has 28 heavy (non-hydrogen) atoms. The Labute approximate surface area is 169 Å². The number of halogens is 2. The molecule has 1 unspecified atom stereocenters. The quantitative estimate of drug-likeness (QED) is 0.759. The summed E-state index contributed by atoms with van der Waals surface area (Å²) in [5, 5.41) is -0.245. The van der Waals surface area contributed by atoms with E-state index in [-0.39, 0.29) is 20.5 Å². The third kappa shape index (κ3) is 4.48. The molecule has 6 nitrogen and oxygen atoms in total. The number of sulfonamides is 2. The molecule has 2 aromatic rings. The van der Waals surface area contributed by atoms with Crippen LogP contribution in [-0.4, -0.2) is 34.2 Å². The maximum Gasteiger partial charge on any atom is 0.263 e. The minimum absolute atomic E-state index is 0.101. The highest BCUT2D eigenvalue weighted by Gasteiger charge is 2.28. The minimum Gasteiger partial charge on any atom is -0.280 e. The van der Waals surface area contributed by atoms with Gasteiger partial charge in [-0.3, -0.25) is 4.72 Å². The normalized spacial score (nSPS) is 18.8. The van der Waals surface area contributed by atoms with E-state index < -0.39 is 25.9 Å². The van der Waals surface area contributed by atoms with Crippen LogP contribution < -0.4 is 4.72 Å². The second kappa shape index (κ2) is 7.98. The van der Waals surface area contributed by atoms with Crippen LogP contribution in [0.3, 0.4) is 0 Å². The summed E-state index contributed by atoms with van der Waals surface area (Å²) in [7, 11) is -7.67. The van der Waals surface area contributed by atoms with Gasteiger partial charge < -0.3 is 0 Å². The molecular weight excluding hydrogens is 427 g/mol. The van der Waals surface area contributed by atoms with E-state index >= 15 is 0 Å². The van der Waals surface area contributed by atoms with Gasteiger partial charge in [0, 0.05) is 18.8 Å². The first-order chi connectivity index (χ1) is 13.1. The summed E-state index contributed by atoms with van der Waals surface area (Å²) in [6.45, 7) is 2.96. The number of benzene rings is 2. The van der Waals surface area contributed by atoms with Crippen LogP contribution in [0.4, 0.5) is 10.1 Å². The molecule has 0 amide bonds. The van der Waals surface area contributed by atoms with E-state index in [1.807, 2.05) is 6.92 Å². The molecular formula is C18H20ClFN2O4S2. The van der Waals surface area contributed by atoms with Crippen LogP contribution in [0, 0.1) is 11.7 Å². The zero-order valence-electron chi connectivity index (χ0n) is 15.1. The Hall–Kier alpha value is -1.68. The van der Waals surface area contributed by atoms with E-state index in [2.05, 4.69) is 4.72 Å². The summed E-state index contributed by atoms with van der Waals surface area (Å²) in [5.74, 6) is -0.347. The lowest BCUT2D eigenvalue weighted by molar-refractivity contribution is 0.281. The highest BCUT2D eigenvalue weighted by Crippen LogP contribution is 2.27. The van der Waals surface area contributed by atoms with Gasteiger partial charge in [0.25, 0.3) is 10.0 Å². The smallest absolute Gasteiger partial charge is 0.263 e. The van der Waals surface area contributed by atoms with Gasteiger partial charge in [-0.15, -0.1) is 0 Å². The molecule has 0 spiro atoms. The number of nitrogens with one attached hydrogen (secondary N) is 1. The average Bonchev–Trinajstić information content (AvgIpc) is 2.61. The molecule has 1 heterocycles. The Morgan fingerprint density at radius 1 is 1.11 bits per heavy atom. The van der Waals surface area contributed by atoms with Crippen LogP contribution >= 0.6 is 11.6 Å². The number of piperidine rings is 1. The van der Waals surface area contributed by atoms with Crippen LogP contribution in [-0.2, 0) is 20.0 Å².